The Balaban J connectivity index is 1.68. The first kappa shape index (κ1) is 11.9. The number of anilines is 1. The normalized spacial score (nSPS) is 33.2. The smallest absolute Gasteiger partial charge is 0.223 e. The lowest BCUT2D eigenvalue weighted by atomic mass is 9.36. The maximum atomic E-state index is 4.61. The quantitative estimate of drug-likeness (QED) is 0.881. The summed E-state index contributed by atoms with van der Waals surface area (Å²) < 4.78 is 0. The van der Waals surface area contributed by atoms with Gasteiger partial charge in [-0.25, -0.2) is 9.97 Å². The van der Waals surface area contributed by atoms with Gasteiger partial charge in [0.25, 0.3) is 0 Å². The second kappa shape index (κ2) is 3.69. The second-order valence-corrected chi connectivity index (χ2v) is 6.91. The molecule has 0 unspecified atom stereocenters. The third-order valence-electron chi connectivity index (χ3n) is 4.94. The van der Waals surface area contributed by atoms with E-state index in [1.165, 1.54) is 19.3 Å². The van der Waals surface area contributed by atoms with Crippen LogP contribution < -0.4 is 5.32 Å². The van der Waals surface area contributed by atoms with Crippen LogP contribution in [-0.4, -0.2) is 15.5 Å². The van der Waals surface area contributed by atoms with E-state index in [-0.39, 0.29) is 0 Å². The van der Waals surface area contributed by atoms with Gasteiger partial charge in [0.2, 0.25) is 5.95 Å². The topological polar surface area (TPSA) is 37.8 Å². The molecule has 3 fully saturated rings. The summed E-state index contributed by atoms with van der Waals surface area (Å²) in [7, 11) is 0. The molecule has 0 amide bonds. The summed E-state index contributed by atoms with van der Waals surface area (Å²) in [5.74, 6) is 2.09. The molecule has 1 N–H and O–H groups in total. The van der Waals surface area contributed by atoms with Crippen molar-refractivity contribution >= 4 is 5.95 Å². The van der Waals surface area contributed by atoms with Crippen molar-refractivity contribution in [3.8, 4) is 0 Å². The Morgan fingerprint density at radius 2 is 1.83 bits per heavy atom. The van der Waals surface area contributed by atoms with E-state index in [4.69, 9.17) is 0 Å². The number of hydrogen-bond donors (Lipinski definition) is 1. The summed E-state index contributed by atoms with van der Waals surface area (Å²) in [5, 5.41) is 3.57. The lowest BCUT2D eigenvalue weighted by Crippen LogP contribution is -2.72. The monoisotopic (exact) mass is 245 g/mol. The number of nitrogens with zero attached hydrogens (tertiary/aromatic N) is 2. The van der Waals surface area contributed by atoms with Crippen LogP contribution in [0.2, 0.25) is 0 Å². The minimum atomic E-state index is 0.319. The Kier molecular flexibility index (Phi) is 2.45. The summed E-state index contributed by atoms with van der Waals surface area (Å²) in [5.41, 5.74) is 2.07. The van der Waals surface area contributed by atoms with E-state index in [2.05, 4.69) is 43.0 Å². The van der Waals surface area contributed by atoms with E-state index in [1.807, 2.05) is 12.3 Å². The Morgan fingerprint density at radius 3 is 2.39 bits per heavy atom. The van der Waals surface area contributed by atoms with E-state index in [0.29, 0.717) is 16.9 Å². The van der Waals surface area contributed by atoms with E-state index >= 15 is 0 Å². The fourth-order valence-electron chi connectivity index (χ4n) is 3.60. The lowest BCUT2D eigenvalue weighted by Gasteiger charge is -2.72. The van der Waals surface area contributed by atoms with Gasteiger partial charge in [0, 0.05) is 17.4 Å². The van der Waals surface area contributed by atoms with Crippen LogP contribution >= 0.6 is 0 Å². The van der Waals surface area contributed by atoms with Gasteiger partial charge >= 0.3 is 0 Å². The molecule has 3 heteroatoms. The molecule has 2 bridgehead atoms. The third-order valence-corrected chi connectivity index (χ3v) is 4.94. The average Bonchev–Trinajstić information content (AvgIpc) is 2.21. The van der Waals surface area contributed by atoms with Crippen LogP contribution in [0, 0.1) is 11.3 Å². The van der Waals surface area contributed by atoms with Crippen LogP contribution in [-0.2, 0) is 0 Å². The highest BCUT2D eigenvalue weighted by atomic mass is 15.2. The van der Waals surface area contributed by atoms with Gasteiger partial charge < -0.3 is 5.32 Å². The molecule has 0 aliphatic heterocycles. The first-order valence-corrected chi connectivity index (χ1v) is 7.06. The zero-order valence-electron chi connectivity index (χ0n) is 11.8. The summed E-state index contributed by atoms with van der Waals surface area (Å²) in [6, 6.07) is 2.01. The van der Waals surface area contributed by atoms with E-state index in [0.717, 1.165) is 17.6 Å². The number of hydrogen-bond acceptors (Lipinski definition) is 3. The maximum Gasteiger partial charge on any atom is 0.223 e. The summed E-state index contributed by atoms with van der Waals surface area (Å²) >= 11 is 0. The third kappa shape index (κ3) is 1.63. The molecule has 0 atom stereocenters. The van der Waals surface area contributed by atoms with E-state index in [1.54, 1.807) is 0 Å². The summed E-state index contributed by atoms with van der Waals surface area (Å²) in [6.07, 6.45) is 5.77. The molecular formula is C15H23N3. The molecule has 3 nitrogen and oxygen atoms in total. The Morgan fingerprint density at radius 1 is 1.17 bits per heavy atom. The highest BCUT2D eigenvalue weighted by Gasteiger charge is 2.68. The van der Waals surface area contributed by atoms with Crippen molar-refractivity contribution in [3.63, 3.8) is 0 Å². The summed E-state index contributed by atoms with van der Waals surface area (Å²) in [6.45, 7) is 9.03. The number of nitrogens with one attached hydrogen (secondary N) is 1. The van der Waals surface area contributed by atoms with E-state index < -0.39 is 0 Å². The molecule has 1 aromatic rings. The van der Waals surface area contributed by atoms with Gasteiger partial charge in [0.1, 0.15) is 0 Å². The molecule has 3 saturated carbocycles. The van der Waals surface area contributed by atoms with Crippen molar-refractivity contribution in [1.82, 2.24) is 9.97 Å². The Bertz CT molecular complexity index is 445. The lowest BCUT2D eigenvalue weighted by molar-refractivity contribution is -0.150. The fraction of sp³-hybridized carbons (Fsp3) is 0.733. The fourth-order valence-corrected chi connectivity index (χ4v) is 3.60. The largest absolute Gasteiger partial charge is 0.349 e. The summed E-state index contributed by atoms with van der Waals surface area (Å²) in [4.78, 5) is 8.97. The average molecular weight is 245 g/mol. The second-order valence-electron chi connectivity index (χ2n) is 6.91. The molecule has 1 aromatic heterocycles. The van der Waals surface area contributed by atoms with Crippen molar-refractivity contribution in [2.75, 3.05) is 5.32 Å². The van der Waals surface area contributed by atoms with Crippen molar-refractivity contribution in [2.24, 2.45) is 11.3 Å². The van der Waals surface area contributed by atoms with Crippen LogP contribution in [0.4, 0.5) is 5.95 Å². The maximum absolute atomic E-state index is 4.61. The van der Waals surface area contributed by atoms with Gasteiger partial charge in [-0.2, -0.15) is 0 Å². The van der Waals surface area contributed by atoms with Crippen LogP contribution in [0.15, 0.2) is 12.3 Å². The minimum absolute atomic E-state index is 0.319. The predicted molar refractivity (Wildman–Crippen MR) is 73.6 cm³/mol. The van der Waals surface area contributed by atoms with Crippen molar-refractivity contribution in [1.29, 1.82) is 0 Å². The molecule has 0 aromatic carbocycles. The van der Waals surface area contributed by atoms with Crippen LogP contribution in [0.25, 0.3) is 0 Å². The zero-order chi connectivity index (χ0) is 13.0. The number of aromatic nitrogens is 2. The van der Waals surface area contributed by atoms with Crippen LogP contribution in [0.1, 0.15) is 58.6 Å². The molecule has 0 spiro atoms. The zero-order valence-corrected chi connectivity index (χ0v) is 11.8. The van der Waals surface area contributed by atoms with Crippen molar-refractivity contribution < 1.29 is 0 Å². The molecule has 1 heterocycles. The molecule has 0 radical (unpaired) electrons. The van der Waals surface area contributed by atoms with Crippen LogP contribution in [0.3, 0.4) is 0 Å². The van der Waals surface area contributed by atoms with Gasteiger partial charge in [-0.1, -0.05) is 27.7 Å². The highest BCUT2D eigenvalue weighted by Crippen LogP contribution is 2.71. The van der Waals surface area contributed by atoms with Crippen LogP contribution in [0.5, 0.6) is 0 Å². The molecular weight excluding hydrogens is 222 g/mol. The van der Waals surface area contributed by atoms with Gasteiger partial charge in [-0.15, -0.1) is 0 Å². The van der Waals surface area contributed by atoms with Crippen molar-refractivity contribution in [2.45, 2.75) is 58.4 Å². The van der Waals surface area contributed by atoms with Gasteiger partial charge in [-0.3, -0.25) is 0 Å². The van der Waals surface area contributed by atoms with Gasteiger partial charge in [0.15, 0.2) is 0 Å². The highest BCUT2D eigenvalue weighted by molar-refractivity contribution is 5.40. The first-order chi connectivity index (χ1) is 8.45. The van der Waals surface area contributed by atoms with Gasteiger partial charge in [0.05, 0.1) is 0 Å². The molecule has 18 heavy (non-hydrogen) atoms. The number of rotatable bonds is 4. The van der Waals surface area contributed by atoms with Gasteiger partial charge in [-0.05, 0) is 42.6 Å². The molecule has 98 valence electrons. The molecule has 3 aliphatic rings. The first-order valence-electron chi connectivity index (χ1n) is 7.06. The molecule has 0 saturated heterocycles. The van der Waals surface area contributed by atoms with Crippen molar-refractivity contribution in [3.05, 3.63) is 18.0 Å². The molecule has 4 rings (SSSR count). The Hall–Kier alpha value is -1.12. The standard InChI is InChI=1S/C15H23N3/c1-10(2)12-5-6-16-13(17-12)18-15-7-14(8-15,9-15)11(3)4/h5-6,10-11H,7-9H2,1-4H3,(H,16,17,18). The SMILES string of the molecule is CC(C)c1ccnc(NC23CC(C(C)C)(C2)C3)n1. The molecule has 3 aliphatic carbocycles. The minimum Gasteiger partial charge on any atom is -0.349 e. The Labute approximate surface area is 109 Å². The predicted octanol–water partition coefficient (Wildman–Crippen LogP) is 3.59. The van der Waals surface area contributed by atoms with E-state index in [9.17, 15) is 0 Å².